The molecule has 130 valence electrons. The summed E-state index contributed by atoms with van der Waals surface area (Å²) >= 11 is 5.82. The standard InChI is InChI=1S/C18H18ClN3O3/c1-3-25-18(24)22-21-12(2)14-5-4-6-16(11-14)20-17(23)13-7-9-15(19)10-8-13/h4-11H,3H2,1-2H3,(H,20,23)(H,22,24)/b21-12+. The second kappa shape index (κ2) is 8.84. The third-order valence-electron chi connectivity index (χ3n) is 3.23. The van der Waals surface area contributed by atoms with E-state index in [-0.39, 0.29) is 12.5 Å². The first-order chi connectivity index (χ1) is 12.0. The highest BCUT2D eigenvalue weighted by Gasteiger charge is 2.07. The monoisotopic (exact) mass is 359 g/mol. The maximum atomic E-state index is 12.2. The molecule has 2 aromatic rings. The Morgan fingerprint density at radius 3 is 2.52 bits per heavy atom. The maximum absolute atomic E-state index is 12.2. The molecule has 0 aliphatic heterocycles. The van der Waals surface area contributed by atoms with E-state index in [2.05, 4.69) is 15.8 Å². The van der Waals surface area contributed by atoms with Gasteiger partial charge in [-0.3, -0.25) is 4.79 Å². The Kier molecular flexibility index (Phi) is 6.54. The van der Waals surface area contributed by atoms with Gasteiger partial charge in [0.1, 0.15) is 0 Å². The van der Waals surface area contributed by atoms with Crippen LogP contribution in [0, 0.1) is 0 Å². The number of carbonyl (C=O) groups excluding carboxylic acids is 2. The topological polar surface area (TPSA) is 79.8 Å². The van der Waals surface area contributed by atoms with E-state index in [1.807, 2.05) is 6.07 Å². The van der Waals surface area contributed by atoms with Gasteiger partial charge < -0.3 is 10.1 Å². The molecule has 0 spiro atoms. The van der Waals surface area contributed by atoms with Crippen LogP contribution in [0.3, 0.4) is 0 Å². The number of ether oxygens (including phenoxy) is 1. The first-order valence-electron chi connectivity index (χ1n) is 7.64. The van der Waals surface area contributed by atoms with E-state index in [1.165, 1.54) is 0 Å². The Bertz CT molecular complexity index is 788. The quantitative estimate of drug-likeness (QED) is 0.624. The molecule has 0 bridgehead atoms. The van der Waals surface area contributed by atoms with E-state index in [0.29, 0.717) is 22.0 Å². The minimum Gasteiger partial charge on any atom is -0.449 e. The average molecular weight is 360 g/mol. The molecular formula is C18H18ClN3O3. The van der Waals surface area contributed by atoms with Gasteiger partial charge in [-0.2, -0.15) is 5.10 Å². The summed E-state index contributed by atoms with van der Waals surface area (Å²) in [4.78, 5) is 23.5. The molecule has 0 aliphatic rings. The van der Waals surface area contributed by atoms with E-state index in [1.54, 1.807) is 56.3 Å². The lowest BCUT2D eigenvalue weighted by molar-refractivity contribution is 0.102. The molecule has 0 aliphatic carbocycles. The second-order valence-electron chi connectivity index (χ2n) is 5.07. The molecule has 0 atom stereocenters. The summed E-state index contributed by atoms with van der Waals surface area (Å²) in [5.74, 6) is -0.243. The summed E-state index contributed by atoms with van der Waals surface area (Å²) in [5, 5.41) is 7.34. The first kappa shape index (κ1) is 18.5. The molecule has 0 heterocycles. The maximum Gasteiger partial charge on any atom is 0.427 e. The molecular weight excluding hydrogens is 342 g/mol. The normalized spacial score (nSPS) is 10.9. The molecule has 2 N–H and O–H groups in total. The summed E-state index contributed by atoms with van der Waals surface area (Å²) in [5.41, 5.74) is 4.75. The number of carbonyl (C=O) groups is 2. The van der Waals surface area contributed by atoms with Crippen molar-refractivity contribution in [1.82, 2.24) is 5.43 Å². The van der Waals surface area contributed by atoms with E-state index >= 15 is 0 Å². The first-order valence-corrected chi connectivity index (χ1v) is 8.02. The van der Waals surface area contributed by atoms with Crippen molar-refractivity contribution >= 4 is 35.0 Å². The van der Waals surface area contributed by atoms with Gasteiger partial charge in [-0.05, 0) is 55.8 Å². The number of benzene rings is 2. The van der Waals surface area contributed by atoms with E-state index < -0.39 is 6.09 Å². The van der Waals surface area contributed by atoms with Crippen LogP contribution in [0.4, 0.5) is 10.5 Å². The van der Waals surface area contributed by atoms with Gasteiger partial charge in [-0.15, -0.1) is 0 Å². The van der Waals surface area contributed by atoms with Gasteiger partial charge in [0.25, 0.3) is 5.91 Å². The van der Waals surface area contributed by atoms with Crippen LogP contribution in [0.15, 0.2) is 53.6 Å². The van der Waals surface area contributed by atoms with Gasteiger partial charge >= 0.3 is 6.09 Å². The lowest BCUT2D eigenvalue weighted by atomic mass is 10.1. The fraction of sp³-hybridized carbons (Fsp3) is 0.167. The zero-order valence-corrected chi connectivity index (χ0v) is 14.6. The highest BCUT2D eigenvalue weighted by Crippen LogP contribution is 2.15. The van der Waals surface area contributed by atoms with Crippen molar-refractivity contribution in [3.05, 3.63) is 64.7 Å². The van der Waals surface area contributed by atoms with E-state index in [4.69, 9.17) is 16.3 Å². The van der Waals surface area contributed by atoms with Crippen LogP contribution in [0.5, 0.6) is 0 Å². The predicted octanol–water partition coefficient (Wildman–Crippen LogP) is 4.06. The lowest BCUT2D eigenvalue weighted by Crippen LogP contribution is -2.20. The van der Waals surface area contributed by atoms with Crippen molar-refractivity contribution in [3.63, 3.8) is 0 Å². The summed E-state index contributed by atoms with van der Waals surface area (Å²) in [6.07, 6.45) is -0.617. The van der Waals surface area contributed by atoms with Crippen LogP contribution in [0.25, 0.3) is 0 Å². The molecule has 6 nitrogen and oxygen atoms in total. The minimum absolute atomic E-state index is 0.243. The minimum atomic E-state index is -0.617. The van der Waals surface area contributed by atoms with Crippen molar-refractivity contribution in [2.24, 2.45) is 5.10 Å². The van der Waals surface area contributed by atoms with Gasteiger partial charge in [0.2, 0.25) is 0 Å². The summed E-state index contributed by atoms with van der Waals surface area (Å²) in [6, 6.07) is 13.8. The van der Waals surface area contributed by atoms with Gasteiger partial charge in [0.15, 0.2) is 0 Å². The van der Waals surface area contributed by atoms with Crippen LogP contribution in [-0.2, 0) is 4.74 Å². The Labute approximate surface area is 150 Å². The molecule has 2 rings (SSSR count). The molecule has 25 heavy (non-hydrogen) atoms. The van der Waals surface area contributed by atoms with Gasteiger partial charge in [0.05, 0.1) is 12.3 Å². The fourth-order valence-corrected chi connectivity index (χ4v) is 2.11. The molecule has 0 saturated carbocycles. The Hall–Kier alpha value is -2.86. The number of nitrogens with one attached hydrogen (secondary N) is 2. The van der Waals surface area contributed by atoms with Crippen LogP contribution >= 0.6 is 11.6 Å². The van der Waals surface area contributed by atoms with Gasteiger partial charge in [0, 0.05) is 16.3 Å². The number of hydrogen-bond donors (Lipinski definition) is 2. The number of amides is 2. The molecule has 0 unspecified atom stereocenters. The van der Waals surface area contributed by atoms with Gasteiger partial charge in [-0.25, -0.2) is 10.2 Å². The Morgan fingerprint density at radius 2 is 1.84 bits per heavy atom. The molecule has 2 amide bonds. The third kappa shape index (κ3) is 5.61. The highest BCUT2D eigenvalue weighted by molar-refractivity contribution is 6.30. The number of hydrogen-bond acceptors (Lipinski definition) is 4. The van der Waals surface area contributed by atoms with Gasteiger partial charge in [-0.1, -0.05) is 23.7 Å². The number of nitrogens with zero attached hydrogens (tertiary/aromatic N) is 1. The predicted molar refractivity (Wildman–Crippen MR) is 98.2 cm³/mol. The van der Waals surface area contributed by atoms with Crippen LogP contribution in [0.1, 0.15) is 29.8 Å². The van der Waals surface area contributed by atoms with Crippen molar-refractivity contribution in [3.8, 4) is 0 Å². The van der Waals surface area contributed by atoms with Crippen LogP contribution in [-0.4, -0.2) is 24.3 Å². The molecule has 0 radical (unpaired) electrons. The van der Waals surface area contributed by atoms with Crippen molar-refractivity contribution in [1.29, 1.82) is 0 Å². The van der Waals surface area contributed by atoms with Crippen molar-refractivity contribution in [2.45, 2.75) is 13.8 Å². The molecule has 0 fully saturated rings. The average Bonchev–Trinajstić information content (AvgIpc) is 2.60. The van der Waals surface area contributed by atoms with Crippen LogP contribution in [0.2, 0.25) is 5.02 Å². The second-order valence-corrected chi connectivity index (χ2v) is 5.51. The van der Waals surface area contributed by atoms with E-state index in [9.17, 15) is 9.59 Å². The van der Waals surface area contributed by atoms with Crippen molar-refractivity contribution < 1.29 is 14.3 Å². The molecule has 7 heteroatoms. The SMILES string of the molecule is CCOC(=O)N/N=C(\C)c1cccc(NC(=O)c2ccc(Cl)cc2)c1. The lowest BCUT2D eigenvalue weighted by Gasteiger charge is -2.08. The fourth-order valence-electron chi connectivity index (χ4n) is 1.98. The molecule has 2 aromatic carbocycles. The number of rotatable bonds is 5. The number of anilines is 1. The van der Waals surface area contributed by atoms with Crippen LogP contribution < -0.4 is 10.7 Å². The number of hydrazone groups is 1. The smallest absolute Gasteiger partial charge is 0.427 e. The zero-order chi connectivity index (χ0) is 18.2. The Balaban J connectivity index is 2.07. The Morgan fingerprint density at radius 1 is 1.12 bits per heavy atom. The zero-order valence-electron chi connectivity index (χ0n) is 13.9. The molecule has 0 saturated heterocycles. The van der Waals surface area contributed by atoms with E-state index in [0.717, 1.165) is 5.56 Å². The third-order valence-corrected chi connectivity index (χ3v) is 3.49. The largest absolute Gasteiger partial charge is 0.449 e. The summed E-state index contributed by atoms with van der Waals surface area (Å²) in [7, 11) is 0. The highest BCUT2D eigenvalue weighted by atomic mass is 35.5. The molecule has 0 aromatic heterocycles. The number of halogens is 1. The van der Waals surface area contributed by atoms with Crippen molar-refractivity contribution in [2.75, 3.05) is 11.9 Å². The summed E-state index contributed by atoms with van der Waals surface area (Å²) in [6.45, 7) is 3.72. The summed E-state index contributed by atoms with van der Waals surface area (Å²) < 4.78 is 4.74.